The molecular formula is C30H26Br2N4O4. The molecule has 8 nitrogen and oxygen atoms in total. The van der Waals surface area contributed by atoms with E-state index < -0.39 is 0 Å². The number of fused-ring (bicyclic) bond motifs is 2. The van der Waals surface area contributed by atoms with Gasteiger partial charge in [0.25, 0.3) is 0 Å². The molecule has 2 aromatic carbocycles. The smallest absolute Gasteiger partial charge is 0.341 e. The number of carbonyl (C=O) groups excluding carboxylic acids is 2. The molecule has 0 spiro atoms. The Bertz CT molecular complexity index is 1660. The molecule has 10 heteroatoms. The van der Waals surface area contributed by atoms with Crippen molar-refractivity contribution in [1.29, 1.82) is 0 Å². The number of carbonyl (C=O) groups is 2. The molecular weight excluding hydrogens is 640 g/mol. The van der Waals surface area contributed by atoms with Crippen molar-refractivity contribution >= 4 is 49.4 Å². The Morgan fingerprint density at radius 1 is 0.850 bits per heavy atom. The SMILES string of the molecule is COC(=O)C1CCCn2cc(-c3ccc(Br)cc3)nc21.COC(=O)c1cccn2cc(-c3ccc(Br)cc3)nc12. The number of methoxy groups -OCH3 is 2. The number of rotatable bonds is 4. The van der Waals surface area contributed by atoms with Crippen LogP contribution in [0.2, 0.25) is 0 Å². The average Bonchev–Trinajstić information content (AvgIpc) is 3.62. The third-order valence-corrected chi connectivity index (χ3v) is 7.72. The van der Waals surface area contributed by atoms with Crippen LogP contribution < -0.4 is 0 Å². The van der Waals surface area contributed by atoms with Gasteiger partial charge >= 0.3 is 11.9 Å². The molecule has 1 atom stereocenters. The van der Waals surface area contributed by atoms with Crippen molar-refractivity contribution in [1.82, 2.24) is 18.9 Å². The van der Waals surface area contributed by atoms with Gasteiger partial charge in [-0.25, -0.2) is 14.8 Å². The molecule has 0 bridgehead atoms. The molecule has 40 heavy (non-hydrogen) atoms. The molecule has 0 aliphatic carbocycles. The Morgan fingerprint density at radius 2 is 1.48 bits per heavy atom. The maximum absolute atomic E-state index is 11.8. The van der Waals surface area contributed by atoms with Crippen molar-refractivity contribution in [2.24, 2.45) is 0 Å². The molecule has 0 fully saturated rings. The molecule has 0 radical (unpaired) electrons. The molecule has 3 aromatic heterocycles. The van der Waals surface area contributed by atoms with Gasteiger partial charge in [0.2, 0.25) is 0 Å². The van der Waals surface area contributed by atoms with E-state index in [1.807, 2.05) is 71.5 Å². The number of halogens is 2. The summed E-state index contributed by atoms with van der Waals surface area (Å²) in [4.78, 5) is 32.8. The van der Waals surface area contributed by atoms with Gasteiger partial charge in [-0.3, -0.25) is 4.79 Å². The Balaban J connectivity index is 0.000000161. The Morgan fingerprint density at radius 3 is 2.08 bits per heavy atom. The van der Waals surface area contributed by atoms with Crippen LogP contribution in [0.5, 0.6) is 0 Å². The predicted octanol–water partition coefficient (Wildman–Crippen LogP) is 6.91. The second kappa shape index (κ2) is 12.2. The zero-order chi connectivity index (χ0) is 28.2. The monoisotopic (exact) mass is 664 g/mol. The summed E-state index contributed by atoms with van der Waals surface area (Å²) in [5.74, 6) is 0.00132. The minimum atomic E-state index is -0.386. The summed E-state index contributed by atoms with van der Waals surface area (Å²) in [5.41, 5.74) is 4.82. The standard InChI is InChI=1S/C15H15BrN2O2.C15H11BrN2O2/c2*1-20-15(19)12-3-2-8-18-9-13(17-14(12)18)10-4-6-11(16)7-5-10/h4-7,9,12H,2-3,8H2,1H3;2-9H,1H3. The van der Waals surface area contributed by atoms with Gasteiger partial charge in [-0.2, -0.15) is 0 Å². The number of aryl methyl sites for hydroxylation is 1. The third-order valence-electron chi connectivity index (χ3n) is 6.66. The maximum atomic E-state index is 11.8. The second-order valence-corrected chi connectivity index (χ2v) is 11.0. The first-order chi connectivity index (χ1) is 19.4. The topological polar surface area (TPSA) is 87.7 Å². The minimum absolute atomic E-state index is 0.195. The molecule has 4 heterocycles. The average molecular weight is 666 g/mol. The Hall–Kier alpha value is -3.76. The summed E-state index contributed by atoms with van der Waals surface area (Å²) < 4.78 is 15.6. The van der Waals surface area contributed by atoms with Crippen LogP contribution in [0.4, 0.5) is 0 Å². The van der Waals surface area contributed by atoms with E-state index in [1.165, 1.54) is 14.2 Å². The summed E-state index contributed by atoms with van der Waals surface area (Å²) in [6.07, 6.45) is 7.56. The number of aromatic nitrogens is 4. The van der Waals surface area contributed by atoms with E-state index in [1.54, 1.807) is 12.1 Å². The quantitative estimate of drug-likeness (QED) is 0.194. The molecule has 1 aliphatic heterocycles. The molecule has 1 unspecified atom stereocenters. The minimum Gasteiger partial charge on any atom is -0.468 e. The third kappa shape index (κ3) is 5.88. The van der Waals surface area contributed by atoms with Crippen molar-refractivity contribution < 1.29 is 19.1 Å². The van der Waals surface area contributed by atoms with Crippen LogP contribution in [0, 0.1) is 0 Å². The molecule has 0 saturated carbocycles. The van der Waals surface area contributed by atoms with Gasteiger partial charge in [0.15, 0.2) is 5.65 Å². The number of benzene rings is 2. The fourth-order valence-corrected chi connectivity index (χ4v) is 5.18. The van der Waals surface area contributed by atoms with E-state index in [4.69, 9.17) is 9.47 Å². The van der Waals surface area contributed by atoms with Crippen LogP contribution in [-0.4, -0.2) is 45.1 Å². The predicted molar refractivity (Wildman–Crippen MR) is 159 cm³/mol. The lowest BCUT2D eigenvalue weighted by molar-refractivity contribution is -0.143. The molecule has 0 N–H and O–H groups in total. The lowest BCUT2D eigenvalue weighted by Gasteiger charge is -2.20. The molecule has 0 saturated heterocycles. The summed E-state index contributed by atoms with van der Waals surface area (Å²) in [6, 6.07) is 19.4. The van der Waals surface area contributed by atoms with Crippen LogP contribution in [-0.2, 0) is 20.8 Å². The summed E-state index contributed by atoms with van der Waals surface area (Å²) in [5, 5.41) is 0. The number of hydrogen-bond donors (Lipinski definition) is 0. The first kappa shape index (κ1) is 27.8. The highest BCUT2D eigenvalue weighted by Crippen LogP contribution is 2.31. The largest absolute Gasteiger partial charge is 0.468 e. The first-order valence-corrected chi connectivity index (χ1v) is 14.2. The van der Waals surface area contributed by atoms with Gasteiger partial charge in [0.05, 0.1) is 25.6 Å². The lowest BCUT2D eigenvalue weighted by atomic mass is 9.99. The van der Waals surface area contributed by atoms with Crippen molar-refractivity contribution in [3.63, 3.8) is 0 Å². The lowest BCUT2D eigenvalue weighted by Crippen LogP contribution is -2.23. The zero-order valence-corrected chi connectivity index (χ0v) is 25.1. The number of nitrogens with zero attached hydrogens (tertiary/aromatic N) is 4. The van der Waals surface area contributed by atoms with Gasteiger partial charge in [0, 0.05) is 45.2 Å². The molecule has 204 valence electrons. The normalized spacial score (nSPS) is 14.2. The molecule has 1 aliphatic rings. The van der Waals surface area contributed by atoms with Crippen LogP contribution in [0.3, 0.4) is 0 Å². The number of hydrogen-bond acceptors (Lipinski definition) is 6. The van der Waals surface area contributed by atoms with Gasteiger partial charge in [0.1, 0.15) is 17.3 Å². The van der Waals surface area contributed by atoms with E-state index in [-0.39, 0.29) is 17.9 Å². The van der Waals surface area contributed by atoms with Crippen LogP contribution in [0.15, 0.2) is 88.2 Å². The van der Waals surface area contributed by atoms with Crippen molar-refractivity contribution in [3.8, 4) is 22.5 Å². The van der Waals surface area contributed by atoms with E-state index in [2.05, 4.69) is 46.4 Å². The summed E-state index contributed by atoms with van der Waals surface area (Å²) >= 11 is 6.83. The number of pyridine rings is 1. The molecule has 5 aromatic rings. The highest BCUT2D eigenvalue weighted by Gasteiger charge is 2.30. The van der Waals surface area contributed by atoms with Gasteiger partial charge in [-0.1, -0.05) is 56.1 Å². The summed E-state index contributed by atoms with van der Waals surface area (Å²) in [7, 11) is 2.80. The summed E-state index contributed by atoms with van der Waals surface area (Å²) in [6.45, 7) is 0.909. The van der Waals surface area contributed by atoms with Crippen molar-refractivity contribution in [2.75, 3.05) is 14.2 Å². The van der Waals surface area contributed by atoms with E-state index in [9.17, 15) is 9.59 Å². The number of esters is 2. The maximum Gasteiger partial charge on any atom is 0.341 e. The molecule has 0 amide bonds. The highest BCUT2D eigenvalue weighted by atomic mass is 79.9. The van der Waals surface area contributed by atoms with Crippen molar-refractivity contribution in [3.05, 3.63) is 99.6 Å². The fourth-order valence-electron chi connectivity index (χ4n) is 4.65. The van der Waals surface area contributed by atoms with Gasteiger partial charge in [-0.15, -0.1) is 0 Å². The van der Waals surface area contributed by atoms with E-state index in [0.717, 1.165) is 56.7 Å². The van der Waals surface area contributed by atoms with E-state index >= 15 is 0 Å². The second-order valence-electron chi connectivity index (χ2n) is 9.18. The Kier molecular flexibility index (Phi) is 8.46. The number of imidazole rings is 2. The van der Waals surface area contributed by atoms with E-state index in [0.29, 0.717) is 11.2 Å². The highest BCUT2D eigenvalue weighted by molar-refractivity contribution is 9.10. The first-order valence-electron chi connectivity index (χ1n) is 12.6. The fraction of sp³-hybridized carbons (Fsp3) is 0.200. The molecule has 6 rings (SSSR count). The zero-order valence-electron chi connectivity index (χ0n) is 21.9. The Labute approximate surface area is 248 Å². The van der Waals surface area contributed by atoms with Gasteiger partial charge in [-0.05, 0) is 49.2 Å². The van der Waals surface area contributed by atoms with Crippen LogP contribution in [0.25, 0.3) is 28.2 Å². The van der Waals surface area contributed by atoms with Crippen LogP contribution >= 0.6 is 31.9 Å². The van der Waals surface area contributed by atoms with Crippen molar-refractivity contribution in [2.45, 2.75) is 25.3 Å². The van der Waals surface area contributed by atoms with Gasteiger partial charge < -0.3 is 18.4 Å². The van der Waals surface area contributed by atoms with Crippen LogP contribution in [0.1, 0.15) is 34.9 Å². The number of ether oxygens (including phenoxy) is 2.